The predicted molar refractivity (Wildman–Crippen MR) is 124 cm³/mol. The highest BCUT2D eigenvalue weighted by molar-refractivity contribution is 5.36. The van der Waals surface area contributed by atoms with Crippen LogP contribution in [0.3, 0.4) is 0 Å². The summed E-state index contributed by atoms with van der Waals surface area (Å²) in [5.41, 5.74) is 2.96. The molecule has 5 aliphatic rings. The van der Waals surface area contributed by atoms with E-state index in [1.807, 2.05) is 0 Å². The van der Waals surface area contributed by atoms with Gasteiger partial charge in [-0.1, -0.05) is 67.1 Å². The number of nitrogens with zero attached hydrogens (tertiary/aromatic N) is 1. The van der Waals surface area contributed by atoms with Crippen molar-refractivity contribution in [1.82, 2.24) is 10.2 Å². The molecular formula is C28H36N2. The van der Waals surface area contributed by atoms with Crippen molar-refractivity contribution < 1.29 is 0 Å². The van der Waals surface area contributed by atoms with Crippen molar-refractivity contribution in [3.05, 3.63) is 71.8 Å². The Balaban J connectivity index is 1.30. The quantitative estimate of drug-likeness (QED) is 0.707. The molecule has 1 N–H and O–H groups in total. The second-order valence-electron chi connectivity index (χ2n) is 10.5. The Labute approximate surface area is 182 Å². The van der Waals surface area contributed by atoms with E-state index in [4.69, 9.17) is 0 Å². The molecule has 30 heavy (non-hydrogen) atoms. The van der Waals surface area contributed by atoms with Crippen LogP contribution < -0.4 is 5.32 Å². The Kier molecular flexibility index (Phi) is 5.17. The van der Waals surface area contributed by atoms with Crippen molar-refractivity contribution in [3.8, 4) is 0 Å². The van der Waals surface area contributed by atoms with E-state index >= 15 is 0 Å². The SMILES string of the molecule is c1ccc(C(c2ccccc2)C2C(NCC3CC4CCC3C4)C3CCN2CC3)cc1. The van der Waals surface area contributed by atoms with Gasteiger partial charge in [-0.25, -0.2) is 0 Å². The number of nitrogens with one attached hydrogen (secondary N) is 1. The van der Waals surface area contributed by atoms with Gasteiger partial charge >= 0.3 is 0 Å². The van der Waals surface area contributed by atoms with Crippen LogP contribution in [0.2, 0.25) is 0 Å². The Bertz CT molecular complexity index is 787. The van der Waals surface area contributed by atoms with E-state index in [9.17, 15) is 0 Å². The predicted octanol–water partition coefficient (Wildman–Crippen LogP) is 5.31. The molecule has 3 saturated heterocycles. The molecular weight excluding hydrogens is 364 g/mol. The fourth-order valence-corrected chi connectivity index (χ4v) is 7.61. The monoisotopic (exact) mass is 400 g/mol. The van der Waals surface area contributed by atoms with Crippen molar-refractivity contribution in [1.29, 1.82) is 0 Å². The molecule has 5 atom stereocenters. The molecule has 0 spiro atoms. The topological polar surface area (TPSA) is 15.3 Å². The standard InChI is InChI=1S/C28H36N2/c1-3-7-21(8-4-1)26(22-9-5-2-6-10-22)28-27(23-13-15-30(28)16-14-23)29-19-25-18-20-11-12-24(25)17-20/h1-10,20,23-29H,11-19H2. The average molecular weight is 401 g/mol. The van der Waals surface area contributed by atoms with Gasteiger partial charge in [-0.15, -0.1) is 0 Å². The van der Waals surface area contributed by atoms with Crippen LogP contribution in [0.25, 0.3) is 0 Å². The summed E-state index contributed by atoms with van der Waals surface area (Å²) in [6.07, 6.45) is 8.77. The number of hydrogen-bond donors (Lipinski definition) is 1. The molecule has 0 amide bonds. The van der Waals surface area contributed by atoms with Crippen molar-refractivity contribution in [2.24, 2.45) is 23.7 Å². The third kappa shape index (κ3) is 3.42. The van der Waals surface area contributed by atoms with Gasteiger partial charge in [0.15, 0.2) is 0 Å². The molecule has 4 bridgehead atoms. The molecule has 2 aromatic carbocycles. The van der Waals surface area contributed by atoms with E-state index in [1.54, 1.807) is 0 Å². The lowest BCUT2D eigenvalue weighted by Crippen LogP contribution is -2.65. The fourth-order valence-electron chi connectivity index (χ4n) is 7.61. The summed E-state index contributed by atoms with van der Waals surface area (Å²) < 4.78 is 0. The van der Waals surface area contributed by atoms with Crippen LogP contribution in [0.1, 0.15) is 55.6 Å². The Morgan fingerprint density at radius 2 is 1.43 bits per heavy atom. The van der Waals surface area contributed by atoms with Gasteiger partial charge in [0, 0.05) is 18.0 Å². The van der Waals surface area contributed by atoms with E-state index in [0.717, 1.165) is 23.7 Å². The molecule has 5 fully saturated rings. The largest absolute Gasteiger partial charge is 0.312 e. The first kappa shape index (κ1) is 19.1. The molecule has 158 valence electrons. The van der Waals surface area contributed by atoms with Crippen molar-refractivity contribution in [2.45, 2.75) is 56.5 Å². The van der Waals surface area contributed by atoms with Gasteiger partial charge in [-0.3, -0.25) is 4.90 Å². The Morgan fingerprint density at radius 3 is 2.00 bits per heavy atom. The van der Waals surface area contributed by atoms with Crippen LogP contribution in [0, 0.1) is 23.7 Å². The Hall–Kier alpha value is -1.64. The lowest BCUT2D eigenvalue weighted by Gasteiger charge is -2.54. The Morgan fingerprint density at radius 1 is 0.767 bits per heavy atom. The fraction of sp³-hybridized carbons (Fsp3) is 0.571. The van der Waals surface area contributed by atoms with Crippen molar-refractivity contribution in [3.63, 3.8) is 0 Å². The maximum atomic E-state index is 4.21. The van der Waals surface area contributed by atoms with Gasteiger partial charge in [0.2, 0.25) is 0 Å². The zero-order chi connectivity index (χ0) is 19.9. The summed E-state index contributed by atoms with van der Waals surface area (Å²) in [4.78, 5) is 2.82. The van der Waals surface area contributed by atoms with Gasteiger partial charge in [-0.05, 0) is 86.5 Å². The number of fused-ring (bicyclic) bond motifs is 5. The second-order valence-corrected chi connectivity index (χ2v) is 10.5. The van der Waals surface area contributed by atoms with E-state index in [-0.39, 0.29) is 0 Å². The molecule has 0 radical (unpaired) electrons. The summed E-state index contributed by atoms with van der Waals surface area (Å²) in [6, 6.07) is 23.8. The van der Waals surface area contributed by atoms with Crippen molar-refractivity contribution >= 4 is 0 Å². The minimum Gasteiger partial charge on any atom is -0.312 e. The van der Waals surface area contributed by atoms with E-state index in [0.29, 0.717) is 18.0 Å². The van der Waals surface area contributed by atoms with E-state index < -0.39 is 0 Å². The summed E-state index contributed by atoms with van der Waals surface area (Å²) in [7, 11) is 0. The highest BCUT2D eigenvalue weighted by Crippen LogP contribution is 2.48. The lowest BCUT2D eigenvalue weighted by atomic mass is 9.70. The zero-order valence-electron chi connectivity index (χ0n) is 18.1. The van der Waals surface area contributed by atoms with Crippen LogP contribution in [-0.4, -0.2) is 36.6 Å². The highest BCUT2D eigenvalue weighted by Gasteiger charge is 2.47. The van der Waals surface area contributed by atoms with Gasteiger partial charge in [-0.2, -0.15) is 0 Å². The maximum Gasteiger partial charge on any atom is 0.0361 e. The number of benzene rings is 2. The van der Waals surface area contributed by atoms with Crippen LogP contribution in [0.4, 0.5) is 0 Å². The maximum absolute atomic E-state index is 4.21. The van der Waals surface area contributed by atoms with Crippen LogP contribution in [0.5, 0.6) is 0 Å². The molecule has 3 aliphatic heterocycles. The highest BCUT2D eigenvalue weighted by atomic mass is 15.2. The molecule has 2 nitrogen and oxygen atoms in total. The summed E-state index contributed by atoms with van der Waals surface area (Å²) in [5.74, 6) is 4.29. The third-order valence-corrected chi connectivity index (χ3v) is 9.03. The van der Waals surface area contributed by atoms with Gasteiger partial charge in [0.1, 0.15) is 0 Å². The van der Waals surface area contributed by atoms with Crippen molar-refractivity contribution in [2.75, 3.05) is 19.6 Å². The van der Waals surface area contributed by atoms with E-state index in [2.05, 4.69) is 70.9 Å². The minimum atomic E-state index is 0.452. The smallest absolute Gasteiger partial charge is 0.0361 e. The molecule has 2 heteroatoms. The average Bonchev–Trinajstić information content (AvgIpc) is 3.44. The molecule has 3 heterocycles. The molecule has 2 aromatic rings. The number of rotatable bonds is 6. The first-order chi connectivity index (χ1) is 14.9. The van der Waals surface area contributed by atoms with Gasteiger partial charge < -0.3 is 5.32 Å². The number of piperidine rings is 3. The molecule has 0 aromatic heterocycles. The summed E-state index contributed by atoms with van der Waals surface area (Å²) >= 11 is 0. The first-order valence-electron chi connectivity index (χ1n) is 12.4. The third-order valence-electron chi connectivity index (χ3n) is 9.03. The molecule has 5 unspecified atom stereocenters. The van der Waals surface area contributed by atoms with E-state index in [1.165, 1.54) is 69.3 Å². The number of hydrogen-bond acceptors (Lipinski definition) is 2. The van der Waals surface area contributed by atoms with Gasteiger partial charge in [0.05, 0.1) is 0 Å². The normalized spacial score (nSPS) is 37.2. The molecule has 7 rings (SSSR count). The summed E-state index contributed by atoms with van der Waals surface area (Å²) in [5, 5.41) is 4.21. The van der Waals surface area contributed by atoms with Crippen LogP contribution in [0.15, 0.2) is 60.7 Å². The van der Waals surface area contributed by atoms with Crippen LogP contribution in [-0.2, 0) is 0 Å². The molecule has 2 aliphatic carbocycles. The first-order valence-corrected chi connectivity index (χ1v) is 12.4. The summed E-state index contributed by atoms with van der Waals surface area (Å²) in [6.45, 7) is 3.80. The lowest BCUT2D eigenvalue weighted by molar-refractivity contribution is 0.00315. The van der Waals surface area contributed by atoms with Gasteiger partial charge in [0.25, 0.3) is 0 Å². The minimum absolute atomic E-state index is 0.452. The zero-order valence-corrected chi connectivity index (χ0v) is 18.1. The van der Waals surface area contributed by atoms with Crippen LogP contribution >= 0.6 is 0 Å². The second kappa shape index (κ2) is 8.13. The molecule has 2 saturated carbocycles.